The predicted molar refractivity (Wildman–Crippen MR) is 77.6 cm³/mol. The van der Waals surface area contributed by atoms with E-state index >= 15 is 0 Å². The Morgan fingerprint density at radius 1 is 1.38 bits per heavy atom. The van der Waals surface area contributed by atoms with Crippen molar-refractivity contribution < 1.29 is 19.1 Å². The molecule has 1 aliphatic rings. The Balaban J connectivity index is 2.54. The van der Waals surface area contributed by atoms with E-state index in [4.69, 9.17) is 4.74 Å². The quantitative estimate of drug-likeness (QED) is 0.764. The minimum Gasteiger partial charge on any atom is -0.464 e. The predicted octanol–water partition coefficient (Wildman–Crippen LogP) is 0.448. The molecule has 7 heteroatoms. The van der Waals surface area contributed by atoms with Crippen LogP contribution in [0.25, 0.3) is 0 Å². The molecule has 1 fully saturated rings. The molecular formula is C14H25N3O4. The van der Waals surface area contributed by atoms with Crippen molar-refractivity contribution in [3.63, 3.8) is 0 Å². The van der Waals surface area contributed by atoms with Gasteiger partial charge in [0.15, 0.2) is 0 Å². The molecule has 0 aliphatic carbocycles. The van der Waals surface area contributed by atoms with E-state index in [1.807, 2.05) is 0 Å². The molecule has 1 N–H and O–H groups in total. The van der Waals surface area contributed by atoms with Crippen LogP contribution in [0.3, 0.4) is 0 Å². The van der Waals surface area contributed by atoms with Crippen LogP contribution in [0, 0.1) is 5.92 Å². The number of amides is 3. The monoisotopic (exact) mass is 299 g/mol. The number of carbonyl (C=O) groups excluding carboxylic acids is 3. The van der Waals surface area contributed by atoms with Gasteiger partial charge in [0.25, 0.3) is 0 Å². The highest BCUT2D eigenvalue weighted by Gasteiger charge is 2.30. The summed E-state index contributed by atoms with van der Waals surface area (Å²) in [6.07, 6.45) is 1.50. The first-order valence-electron chi connectivity index (χ1n) is 7.30. The number of nitrogens with one attached hydrogen (secondary N) is 1. The summed E-state index contributed by atoms with van der Waals surface area (Å²) < 4.78 is 4.86. The van der Waals surface area contributed by atoms with Gasteiger partial charge < -0.3 is 19.9 Å². The number of carbonyl (C=O) groups is 3. The van der Waals surface area contributed by atoms with Gasteiger partial charge in [-0.3, -0.25) is 4.79 Å². The molecule has 0 radical (unpaired) electrons. The summed E-state index contributed by atoms with van der Waals surface area (Å²) in [6, 6.07) is -0.761. The summed E-state index contributed by atoms with van der Waals surface area (Å²) in [5, 5.41) is 2.66. The van der Waals surface area contributed by atoms with E-state index in [1.54, 1.807) is 32.8 Å². The van der Waals surface area contributed by atoms with E-state index in [9.17, 15) is 14.4 Å². The maximum Gasteiger partial charge on any atom is 0.328 e. The van der Waals surface area contributed by atoms with E-state index in [2.05, 4.69) is 5.32 Å². The number of likely N-dealkylation sites (tertiary alicyclic amines) is 1. The SMILES string of the molecule is CCOC(=O)C(C)NC(=O)C1CCCN(C(=O)N(C)C)C1. The minimum atomic E-state index is -0.669. The second kappa shape index (κ2) is 7.85. The van der Waals surface area contributed by atoms with Gasteiger partial charge in [0.2, 0.25) is 5.91 Å². The summed E-state index contributed by atoms with van der Waals surface area (Å²) in [5.74, 6) is -0.922. The van der Waals surface area contributed by atoms with Gasteiger partial charge in [-0.05, 0) is 26.7 Å². The van der Waals surface area contributed by atoms with Crippen LogP contribution in [-0.2, 0) is 14.3 Å². The fraction of sp³-hybridized carbons (Fsp3) is 0.786. The summed E-state index contributed by atoms with van der Waals surface area (Å²) in [7, 11) is 3.38. The lowest BCUT2D eigenvalue weighted by Gasteiger charge is -2.34. The largest absolute Gasteiger partial charge is 0.464 e. The molecule has 1 heterocycles. The number of esters is 1. The average molecular weight is 299 g/mol. The first kappa shape index (κ1) is 17.3. The van der Waals surface area contributed by atoms with Crippen LogP contribution in [-0.4, -0.2) is 67.5 Å². The topological polar surface area (TPSA) is 79.0 Å². The van der Waals surface area contributed by atoms with Gasteiger partial charge >= 0.3 is 12.0 Å². The van der Waals surface area contributed by atoms with Crippen molar-refractivity contribution in [2.24, 2.45) is 5.92 Å². The number of ether oxygens (including phenoxy) is 1. The third kappa shape index (κ3) is 4.91. The zero-order valence-electron chi connectivity index (χ0n) is 13.2. The van der Waals surface area contributed by atoms with Crippen LogP contribution >= 0.6 is 0 Å². The Kier molecular flexibility index (Phi) is 6.45. The molecule has 0 aromatic heterocycles. The summed E-state index contributed by atoms with van der Waals surface area (Å²) in [5.41, 5.74) is 0. The molecule has 2 unspecified atom stereocenters. The van der Waals surface area contributed by atoms with Crippen molar-refractivity contribution >= 4 is 17.9 Å². The Hall–Kier alpha value is -1.79. The minimum absolute atomic E-state index is 0.0917. The fourth-order valence-corrected chi connectivity index (χ4v) is 2.31. The highest BCUT2D eigenvalue weighted by molar-refractivity contribution is 5.86. The number of piperidine rings is 1. The van der Waals surface area contributed by atoms with Gasteiger partial charge in [0, 0.05) is 27.2 Å². The van der Waals surface area contributed by atoms with E-state index < -0.39 is 12.0 Å². The zero-order chi connectivity index (χ0) is 16.0. The third-order valence-electron chi connectivity index (χ3n) is 3.44. The molecular weight excluding hydrogens is 274 g/mol. The van der Waals surface area contributed by atoms with Crippen LogP contribution in [0.4, 0.5) is 4.79 Å². The first-order chi connectivity index (χ1) is 9.86. The number of rotatable bonds is 4. The van der Waals surface area contributed by atoms with Crippen molar-refractivity contribution in [1.82, 2.24) is 15.1 Å². The van der Waals surface area contributed by atoms with Crippen molar-refractivity contribution in [1.29, 1.82) is 0 Å². The lowest BCUT2D eigenvalue weighted by Crippen LogP contribution is -2.50. The van der Waals surface area contributed by atoms with Gasteiger partial charge in [-0.25, -0.2) is 9.59 Å². The smallest absolute Gasteiger partial charge is 0.328 e. The van der Waals surface area contributed by atoms with E-state index in [0.717, 1.165) is 12.8 Å². The molecule has 0 bridgehead atoms. The lowest BCUT2D eigenvalue weighted by molar-refractivity contribution is -0.147. The van der Waals surface area contributed by atoms with Crippen molar-refractivity contribution in [3.05, 3.63) is 0 Å². The summed E-state index contributed by atoms with van der Waals surface area (Å²) in [4.78, 5) is 38.8. The van der Waals surface area contributed by atoms with Crippen LogP contribution in [0.1, 0.15) is 26.7 Å². The molecule has 1 aliphatic heterocycles. The molecule has 1 rings (SSSR count). The average Bonchev–Trinajstić information content (AvgIpc) is 2.46. The van der Waals surface area contributed by atoms with Crippen molar-refractivity contribution in [2.45, 2.75) is 32.7 Å². The number of nitrogens with zero attached hydrogens (tertiary/aromatic N) is 2. The van der Waals surface area contributed by atoms with Gasteiger partial charge in [-0.15, -0.1) is 0 Å². The molecule has 2 atom stereocenters. The molecule has 21 heavy (non-hydrogen) atoms. The number of urea groups is 1. The maximum atomic E-state index is 12.2. The van der Waals surface area contributed by atoms with Gasteiger partial charge in [-0.2, -0.15) is 0 Å². The van der Waals surface area contributed by atoms with Crippen LogP contribution in [0.15, 0.2) is 0 Å². The van der Waals surface area contributed by atoms with Crippen molar-refractivity contribution in [2.75, 3.05) is 33.8 Å². The Morgan fingerprint density at radius 2 is 2.05 bits per heavy atom. The van der Waals surface area contributed by atoms with E-state index in [0.29, 0.717) is 13.1 Å². The molecule has 120 valence electrons. The van der Waals surface area contributed by atoms with Gasteiger partial charge in [0.1, 0.15) is 6.04 Å². The molecule has 1 saturated heterocycles. The van der Waals surface area contributed by atoms with E-state index in [-0.39, 0.29) is 24.5 Å². The molecule has 0 spiro atoms. The highest BCUT2D eigenvalue weighted by atomic mass is 16.5. The maximum absolute atomic E-state index is 12.2. The Labute approximate surface area is 125 Å². The first-order valence-corrected chi connectivity index (χ1v) is 7.30. The van der Waals surface area contributed by atoms with Gasteiger partial charge in [-0.1, -0.05) is 0 Å². The second-order valence-corrected chi connectivity index (χ2v) is 5.44. The Bertz CT molecular complexity index is 398. The molecule has 0 aromatic carbocycles. The molecule has 7 nitrogen and oxygen atoms in total. The highest BCUT2D eigenvalue weighted by Crippen LogP contribution is 2.17. The third-order valence-corrected chi connectivity index (χ3v) is 3.44. The van der Waals surface area contributed by atoms with E-state index in [1.165, 1.54) is 4.90 Å². The fourth-order valence-electron chi connectivity index (χ4n) is 2.31. The van der Waals surface area contributed by atoms with Crippen LogP contribution in [0.5, 0.6) is 0 Å². The zero-order valence-corrected chi connectivity index (χ0v) is 13.2. The molecule has 0 saturated carbocycles. The number of hydrogen-bond donors (Lipinski definition) is 1. The Morgan fingerprint density at radius 3 is 2.62 bits per heavy atom. The molecule has 3 amide bonds. The van der Waals surface area contributed by atoms with Crippen molar-refractivity contribution in [3.8, 4) is 0 Å². The van der Waals surface area contributed by atoms with Crippen LogP contribution < -0.4 is 5.32 Å². The lowest BCUT2D eigenvalue weighted by atomic mass is 9.97. The second-order valence-electron chi connectivity index (χ2n) is 5.44. The summed E-state index contributed by atoms with van der Waals surface area (Å²) in [6.45, 7) is 4.65. The number of hydrogen-bond acceptors (Lipinski definition) is 4. The van der Waals surface area contributed by atoms with Gasteiger partial charge in [0.05, 0.1) is 12.5 Å². The normalized spacial score (nSPS) is 19.6. The van der Waals surface area contributed by atoms with Crippen LogP contribution in [0.2, 0.25) is 0 Å². The standard InChI is InChI=1S/C14H25N3O4/c1-5-21-13(19)10(2)15-12(18)11-7-6-8-17(9-11)14(20)16(3)4/h10-11H,5-9H2,1-4H3,(H,15,18). The summed E-state index contributed by atoms with van der Waals surface area (Å²) >= 11 is 0. The molecule has 0 aromatic rings.